The first-order chi connectivity index (χ1) is 14.4. The maximum atomic E-state index is 12.7. The fourth-order valence-corrected chi connectivity index (χ4v) is 2.64. The molecule has 0 fully saturated rings. The van der Waals surface area contributed by atoms with Gasteiger partial charge >= 0.3 is 5.97 Å². The number of carboxylic acids is 1. The van der Waals surface area contributed by atoms with Crippen LogP contribution < -0.4 is 33.2 Å². The lowest BCUT2D eigenvalue weighted by Crippen LogP contribution is -2.58. The summed E-state index contributed by atoms with van der Waals surface area (Å²) in [5.74, 6) is -3.55. The summed E-state index contributed by atoms with van der Waals surface area (Å²) in [4.78, 5) is 52.1. The number of carbonyl (C=O) groups excluding carboxylic acids is 3. The SMILES string of the molecule is CC(C)CC(NC(=O)C(CCCN=C(N)N)NC(=O)C(NC(=O)CN)C(C)O)C(=O)O. The molecule has 0 heterocycles. The van der Waals surface area contributed by atoms with Crippen molar-refractivity contribution in [2.24, 2.45) is 28.1 Å². The zero-order valence-electron chi connectivity index (χ0n) is 18.1. The second-order valence-electron chi connectivity index (χ2n) is 7.53. The first kappa shape index (κ1) is 28.1. The molecule has 13 heteroatoms. The first-order valence-electron chi connectivity index (χ1n) is 9.95. The lowest BCUT2D eigenvalue weighted by atomic mass is 10.0. The molecule has 0 aromatic heterocycles. The molecule has 0 rings (SSSR count). The lowest BCUT2D eigenvalue weighted by Gasteiger charge is -2.26. The van der Waals surface area contributed by atoms with Gasteiger partial charge < -0.3 is 43.4 Å². The zero-order chi connectivity index (χ0) is 24.1. The number of aliphatic hydroxyl groups is 1. The van der Waals surface area contributed by atoms with Gasteiger partial charge in [0.15, 0.2) is 5.96 Å². The van der Waals surface area contributed by atoms with Crippen LogP contribution in [0.2, 0.25) is 0 Å². The Morgan fingerprint density at radius 1 is 0.968 bits per heavy atom. The van der Waals surface area contributed by atoms with Crippen LogP contribution in [-0.4, -0.2) is 77.2 Å². The number of guanidine groups is 1. The molecule has 4 atom stereocenters. The molecule has 178 valence electrons. The molecule has 0 aliphatic carbocycles. The van der Waals surface area contributed by atoms with Gasteiger partial charge in [-0.3, -0.25) is 19.4 Å². The largest absolute Gasteiger partial charge is 0.480 e. The number of hydrogen-bond donors (Lipinski definition) is 8. The number of rotatable bonds is 14. The van der Waals surface area contributed by atoms with Gasteiger partial charge in [-0.2, -0.15) is 0 Å². The predicted octanol–water partition coefficient (Wildman–Crippen LogP) is -3.04. The van der Waals surface area contributed by atoms with Crippen molar-refractivity contribution < 1.29 is 29.4 Å². The topological polar surface area (TPSA) is 235 Å². The van der Waals surface area contributed by atoms with Gasteiger partial charge in [-0.25, -0.2) is 4.79 Å². The summed E-state index contributed by atoms with van der Waals surface area (Å²) < 4.78 is 0. The van der Waals surface area contributed by atoms with E-state index in [1.807, 2.05) is 13.8 Å². The van der Waals surface area contributed by atoms with E-state index in [1.54, 1.807) is 0 Å². The van der Waals surface area contributed by atoms with Gasteiger partial charge in [0.1, 0.15) is 18.1 Å². The Hall–Kier alpha value is -2.93. The maximum absolute atomic E-state index is 12.7. The second-order valence-corrected chi connectivity index (χ2v) is 7.53. The number of amides is 3. The smallest absolute Gasteiger partial charge is 0.326 e. The highest BCUT2D eigenvalue weighted by Crippen LogP contribution is 2.07. The summed E-state index contributed by atoms with van der Waals surface area (Å²) in [7, 11) is 0. The Labute approximate surface area is 181 Å². The van der Waals surface area contributed by atoms with Crippen molar-refractivity contribution in [3.63, 3.8) is 0 Å². The second kappa shape index (κ2) is 14.1. The van der Waals surface area contributed by atoms with Crippen LogP contribution in [0.1, 0.15) is 40.0 Å². The molecule has 0 radical (unpaired) electrons. The fourth-order valence-electron chi connectivity index (χ4n) is 2.64. The van der Waals surface area contributed by atoms with Crippen LogP contribution in [0.4, 0.5) is 0 Å². The number of carboxylic acid groups (broad SMARTS) is 1. The molecule has 4 unspecified atom stereocenters. The highest BCUT2D eigenvalue weighted by molar-refractivity contribution is 5.93. The minimum Gasteiger partial charge on any atom is -0.480 e. The van der Waals surface area contributed by atoms with Gasteiger partial charge in [-0.15, -0.1) is 0 Å². The van der Waals surface area contributed by atoms with E-state index in [4.69, 9.17) is 17.2 Å². The Morgan fingerprint density at radius 3 is 2.00 bits per heavy atom. The van der Waals surface area contributed by atoms with Gasteiger partial charge in [-0.1, -0.05) is 13.8 Å². The van der Waals surface area contributed by atoms with E-state index in [0.29, 0.717) is 6.42 Å². The monoisotopic (exact) mass is 445 g/mol. The van der Waals surface area contributed by atoms with Crippen LogP contribution in [0, 0.1) is 5.92 Å². The average Bonchev–Trinajstić information content (AvgIpc) is 2.66. The van der Waals surface area contributed by atoms with E-state index in [-0.39, 0.29) is 31.3 Å². The number of nitrogens with zero attached hydrogens (tertiary/aromatic N) is 1. The van der Waals surface area contributed by atoms with Crippen LogP contribution in [0.3, 0.4) is 0 Å². The number of nitrogens with one attached hydrogen (secondary N) is 3. The van der Waals surface area contributed by atoms with Crippen molar-refractivity contribution in [3.05, 3.63) is 0 Å². The number of nitrogens with two attached hydrogens (primary N) is 3. The molecule has 0 saturated heterocycles. The van der Waals surface area contributed by atoms with Crippen molar-refractivity contribution in [3.8, 4) is 0 Å². The van der Waals surface area contributed by atoms with E-state index in [9.17, 15) is 29.4 Å². The Balaban J connectivity index is 5.43. The van der Waals surface area contributed by atoms with E-state index < -0.39 is 54.5 Å². The third-order valence-electron chi connectivity index (χ3n) is 4.17. The average molecular weight is 446 g/mol. The summed E-state index contributed by atoms with van der Waals surface area (Å²) in [6.07, 6.45) is -0.695. The molecule has 0 spiro atoms. The highest BCUT2D eigenvalue weighted by Gasteiger charge is 2.31. The number of hydrogen-bond acceptors (Lipinski definition) is 7. The van der Waals surface area contributed by atoms with Crippen LogP contribution in [0.5, 0.6) is 0 Å². The Morgan fingerprint density at radius 2 is 1.55 bits per heavy atom. The summed E-state index contributed by atoms with van der Waals surface area (Å²) in [5.41, 5.74) is 15.7. The molecule has 0 bridgehead atoms. The van der Waals surface area contributed by atoms with Gasteiger partial charge in [-0.05, 0) is 32.1 Å². The molecule has 31 heavy (non-hydrogen) atoms. The fraction of sp³-hybridized carbons (Fsp3) is 0.722. The predicted molar refractivity (Wildman–Crippen MR) is 114 cm³/mol. The van der Waals surface area contributed by atoms with Gasteiger partial charge in [0.05, 0.1) is 12.6 Å². The quantitative estimate of drug-likeness (QED) is 0.0769. The van der Waals surface area contributed by atoms with Crippen LogP contribution in [-0.2, 0) is 19.2 Å². The summed E-state index contributed by atoms with van der Waals surface area (Å²) >= 11 is 0. The summed E-state index contributed by atoms with van der Waals surface area (Å²) in [5, 5.41) is 26.3. The number of aliphatic carboxylic acids is 1. The molecule has 0 saturated carbocycles. The molecule has 0 aromatic carbocycles. The zero-order valence-corrected chi connectivity index (χ0v) is 18.1. The van der Waals surface area contributed by atoms with Crippen molar-refractivity contribution in [2.75, 3.05) is 13.1 Å². The minimum atomic E-state index is -1.35. The first-order valence-corrected chi connectivity index (χ1v) is 9.95. The normalized spacial score (nSPS) is 14.6. The van der Waals surface area contributed by atoms with Crippen molar-refractivity contribution in [1.82, 2.24) is 16.0 Å². The summed E-state index contributed by atoms with van der Waals surface area (Å²) in [6, 6.07) is -3.64. The van der Waals surface area contributed by atoms with Crippen LogP contribution in [0.25, 0.3) is 0 Å². The maximum Gasteiger partial charge on any atom is 0.326 e. The molecule has 13 nitrogen and oxygen atoms in total. The molecular formula is C18H35N7O6. The number of aliphatic hydroxyl groups excluding tert-OH is 1. The molecule has 0 aromatic rings. The van der Waals surface area contributed by atoms with Crippen molar-refractivity contribution >= 4 is 29.7 Å². The third kappa shape index (κ3) is 11.7. The van der Waals surface area contributed by atoms with E-state index in [2.05, 4.69) is 20.9 Å². The van der Waals surface area contributed by atoms with Crippen molar-refractivity contribution in [2.45, 2.75) is 64.3 Å². The molecule has 3 amide bonds. The number of aliphatic imine (C=N–C) groups is 1. The van der Waals surface area contributed by atoms with Gasteiger partial charge in [0, 0.05) is 6.54 Å². The van der Waals surface area contributed by atoms with E-state index in [1.165, 1.54) is 6.92 Å². The molecule has 0 aliphatic rings. The van der Waals surface area contributed by atoms with E-state index >= 15 is 0 Å². The van der Waals surface area contributed by atoms with Gasteiger partial charge in [0.25, 0.3) is 0 Å². The Bertz CT molecular complexity index is 649. The summed E-state index contributed by atoms with van der Waals surface area (Å²) in [6.45, 7) is 4.69. The molecular weight excluding hydrogens is 410 g/mol. The minimum absolute atomic E-state index is 0.00222. The molecule has 11 N–H and O–H groups in total. The van der Waals surface area contributed by atoms with Crippen molar-refractivity contribution in [1.29, 1.82) is 0 Å². The van der Waals surface area contributed by atoms with Crippen LogP contribution >= 0.6 is 0 Å². The third-order valence-corrected chi connectivity index (χ3v) is 4.17. The lowest BCUT2D eigenvalue weighted by molar-refractivity contribution is -0.143. The number of carbonyl (C=O) groups is 4. The standard InChI is InChI=1S/C18H35N7O6/c1-9(2)7-12(17(30)31)24-15(28)11(5-4-6-22-18(20)21)23-16(29)14(10(3)26)25-13(27)8-19/h9-12,14,26H,4-8,19H2,1-3H3,(H,23,29)(H,24,28)(H,25,27)(H,30,31)(H4,20,21,22). The Kier molecular flexibility index (Phi) is 12.8. The highest BCUT2D eigenvalue weighted by atomic mass is 16.4. The molecule has 0 aliphatic heterocycles. The van der Waals surface area contributed by atoms with E-state index in [0.717, 1.165) is 0 Å². The van der Waals surface area contributed by atoms with Crippen LogP contribution in [0.15, 0.2) is 4.99 Å². The van der Waals surface area contributed by atoms with Gasteiger partial charge in [0.2, 0.25) is 17.7 Å².